The van der Waals surface area contributed by atoms with Gasteiger partial charge in [0.05, 0.1) is 6.54 Å². The number of halogens is 4. The summed E-state index contributed by atoms with van der Waals surface area (Å²) < 4.78 is 65.4. The Kier molecular flexibility index (Phi) is 10.4. The molecule has 0 saturated heterocycles. The van der Waals surface area contributed by atoms with Crippen LogP contribution >= 0.6 is 0 Å². The Labute approximate surface area is 257 Å². The molecule has 2 amide bonds. The molecule has 0 aliphatic heterocycles. The highest BCUT2D eigenvalue weighted by atomic mass is 19.2. The van der Waals surface area contributed by atoms with Crippen molar-refractivity contribution in [2.24, 2.45) is 0 Å². The van der Waals surface area contributed by atoms with Crippen LogP contribution in [0.25, 0.3) is 12.2 Å². The Hall–Kier alpha value is -4.93. The second kappa shape index (κ2) is 14.2. The van der Waals surface area contributed by atoms with Crippen LogP contribution in [0.15, 0.2) is 71.8 Å². The maximum absolute atomic E-state index is 13.8. The molecule has 0 aromatic heterocycles. The Morgan fingerprint density at radius 3 is 1.84 bits per heavy atom. The molecule has 3 aromatic rings. The smallest absolute Gasteiger partial charge is 0.407 e. The summed E-state index contributed by atoms with van der Waals surface area (Å²) in [5.74, 6) is -4.63. The largest absolute Gasteiger partial charge is 0.492 e. The lowest BCUT2D eigenvalue weighted by Crippen LogP contribution is -2.39. The number of hydrogen-bond acceptors (Lipinski definition) is 5. The third-order valence-electron chi connectivity index (χ3n) is 6.58. The van der Waals surface area contributed by atoms with E-state index in [9.17, 15) is 31.9 Å². The summed E-state index contributed by atoms with van der Waals surface area (Å²) in [7, 11) is 0. The van der Waals surface area contributed by atoms with Crippen molar-refractivity contribution < 1.29 is 41.4 Å². The zero-order chi connectivity index (χ0) is 32.7. The molecule has 236 valence electrons. The molecule has 0 atom stereocenters. The quantitative estimate of drug-likeness (QED) is 0.164. The Morgan fingerprint density at radius 1 is 0.822 bits per heavy atom. The molecule has 1 fully saturated rings. The molecule has 1 aliphatic carbocycles. The molecular weight excluding hydrogens is 592 g/mol. The summed E-state index contributed by atoms with van der Waals surface area (Å²) in [4.78, 5) is 38.2. The lowest BCUT2D eigenvalue weighted by Gasteiger charge is -2.27. The summed E-state index contributed by atoms with van der Waals surface area (Å²) in [6.45, 7) is 5.64. The topological polar surface area (TPSA) is 93.7 Å². The third-order valence-corrected chi connectivity index (χ3v) is 6.58. The molecule has 0 bridgehead atoms. The summed E-state index contributed by atoms with van der Waals surface area (Å²) in [5.41, 5.74) is 0.615. The lowest BCUT2D eigenvalue weighted by molar-refractivity contribution is -0.113. The fraction of sp³-hybridized carbons (Fsp3) is 0.265. The average molecular weight is 625 g/mol. The molecule has 1 saturated carbocycles. The van der Waals surface area contributed by atoms with E-state index >= 15 is 0 Å². The van der Waals surface area contributed by atoms with Gasteiger partial charge in [0, 0.05) is 22.8 Å². The van der Waals surface area contributed by atoms with E-state index in [4.69, 9.17) is 9.47 Å². The minimum atomic E-state index is -1.08. The minimum Gasteiger partial charge on any atom is -0.492 e. The number of amides is 2. The van der Waals surface area contributed by atoms with E-state index in [0.717, 1.165) is 24.3 Å². The van der Waals surface area contributed by atoms with Crippen molar-refractivity contribution >= 4 is 29.9 Å². The van der Waals surface area contributed by atoms with Gasteiger partial charge in [-0.3, -0.25) is 9.59 Å². The molecule has 11 heteroatoms. The van der Waals surface area contributed by atoms with Crippen molar-refractivity contribution in [3.63, 3.8) is 0 Å². The molecule has 2 N–H and O–H groups in total. The van der Waals surface area contributed by atoms with E-state index in [-0.39, 0.29) is 48.3 Å². The van der Waals surface area contributed by atoms with Crippen molar-refractivity contribution in [2.75, 3.05) is 13.2 Å². The van der Waals surface area contributed by atoms with E-state index < -0.39 is 52.7 Å². The fourth-order valence-electron chi connectivity index (χ4n) is 4.56. The summed E-state index contributed by atoms with van der Waals surface area (Å²) >= 11 is 0. The number of alkyl carbamates (subject to hydrolysis) is 1. The van der Waals surface area contributed by atoms with Gasteiger partial charge in [0.25, 0.3) is 5.91 Å². The standard InChI is InChI=1S/C34H32F4N2O5/c1-34(2,3)45-33(43)39-12-13-44-26-8-6-22(7-9-26)32(42)40-25-18-23(14-20-4-10-27(35)29(37)16-20)31(41)24(19-25)15-21-5-11-28(36)30(38)17-21/h4-11,14-17,25H,12-13,18-19H2,1-3H3,(H,39,43)(H,40,42)/b23-14+,24-15+. The van der Waals surface area contributed by atoms with Gasteiger partial charge < -0.3 is 20.1 Å². The van der Waals surface area contributed by atoms with Gasteiger partial charge in [-0.2, -0.15) is 0 Å². The van der Waals surface area contributed by atoms with Crippen molar-refractivity contribution in [2.45, 2.75) is 45.3 Å². The van der Waals surface area contributed by atoms with Gasteiger partial charge in [-0.05, 0) is 105 Å². The SMILES string of the molecule is CC(C)(C)OC(=O)NCCOc1ccc(C(=O)NC2C/C(=C\c3ccc(F)c(F)c3)C(=O)/C(=C/c3ccc(F)c(F)c3)C2)cc1. The van der Waals surface area contributed by atoms with Crippen LogP contribution in [0.5, 0.6) is 5.75 Å². The van der Waals surface area contributed by atoms with Gasteiger partial charge in [-0.1, -0.05) is 12.1 Å². The normalized spacial score (nSPS) is 16.9. The predicted molar refractivity (Wildman–Crippen MR) is 160 cm³/mol. The van der Waals surface area contributed by atoms with Crippen LogP contribution in [0.3, 0.4) is 0 Å². The van der Waals surface area contributed by atoms with Crippen LogP contribution < -0.4 is 15.4 Å². The van der Waals surface area contributed by atoms with E-state index in [0.29, 0.717) is 11.3 Å². The molecule has 0 spiro atoms. The second-order valence-electron chi connectivity index (χ2n) is 11.4. The molecular formula is C34H32F4N2O5. The number of ether oxygens (including phenoxy) is 2. The maximum atomic E-state index is 13.8. The molecule has 0 radical (unpaired) electrons. The number of carbonyl (C=O) groups excluding carboxylic acids is 3. The highest BCUT2D eigenvalue weighted by Gasteiger charge is 2.29. The number of nitrogens with one attached hydrogen (secondary N) is 2. The van der Waals surface area contributed by atoms with E-state index in [1.165, 1.54) is 24.3 Å². The monoisotopic (exact) mass is 624 g/mol. The van der Waals surface area contributed by atoms with Gasteiger partial charge in [0.1, 0.15) is 18.0 Å². The van der Waals surface area contributed by atoms with Crippen molar-refractivity contribution in [1.29, 1.82) is 0 Å². The van der Waals surface area contributed by atoms with Gasteiger partial charge >= 0.3 is 6.09 Å². The summed E-state index contributed by atoms with van der Waals surface area (Å²) in [5, 5.41) is 5.47. The number of ketones is 1. The first-order valence-electron chi connectivity index (χ1n) is 14.1. The first kappa shape index (κ1) is 33.0. The van der Waals surface area contributed by atoms with E-state index in [1.807, 2.05) is 0 Å². The second-order valence-corrected chi connectivity index (χ2v) is 11.4. The van der Waals surface area contributed by atoms with Crippen LogP contribution in [0.4, 0.5) is 22.4 Å². The van der Waals surface area contributed by atoms with Gasteiger partial charge in [0.15, 0.2) is 29.1 Å². The number of rotatable bonds is 8. The molecule has 4 rings (SSSR count). The number of Topliss-reactive ketones (excluding diaryl/α,β-unsaturated/α-hetero) is 1. The van der Waals surface area contributed by atoms with E-state index in [2.05, 4.69) is 10.6 Å². The highest BCUT2D eigenvalue weighted by molar-refractivity contribution is 6.14. The highest BCUT2D eigenvalue weighted by Crippen LogP contribution is 2.30. The molecule has 0 unspecified atom stereocenters. The first-order chi connectivity index (χ1) is 21.3. The lowest BCUT2D eigenvalue weighted by atomic mass is 9.83. The molecule has 0 heterocycles. The maximum Gasteiger partial charge on any atom is 0.407 e. The average Bonchev–Trinajstić information content (AvgIpc) is 2.97. The van der Waals surface area contributed by atoms with Gasteiger partial charge in [-0.15, -0.1) is 0 Å². The third kappa shape index (κ3) is 9.53. The summed E-state index contributed by atoms with van der Waals surface area (Å²) in [6.07, 6.45) is 2.43. The fourth-order valence-corrected chi connectivity index (χ4v) is 4.56. The number of carbonyl (C=O) groups is 3. The van der Waals surface area contributed by atoms with E-state index in [1.54, 1.807) is 45.0 Å². The van der Waals surface area contributed by atoms with Crippen LogP contribution in [0.1, 0.15) is 55.1 Å². The Balaban J connectivity index is 1.46. The van der Waals surface area contributed by atoms with Gasteiger partial charge in [-0.25, -0.2) is 22.4 Å². The molecule has 7 nitrogen and oxygen atoms in total. The van der Waals surface area contributed by atoms with Crippen molar-refractivity contribution in [1.82, 2.24) is 10.6 Å². The molecule has 3 aromatic carbocycles. The van der Waals surface area contributed by atoms with Gasteiger partial charge in [0.2, 0.25) is 0 Å². The van der Waals surface area contributed by atoms with Crippen LogP contribution in [-0.4, -0.2) is 42.6 Å². The Morgan fingerprint density at radius 2 is 1.36 bits per heavy atom. The molecule has 1 aliphatic rings. The first-order valence-corrected chi connectivity index (χ1v) is 14.1. The van der Waals surface area contributed by atoms with Crippen molar-refractivity contribution in [3.8, 4) is 5.75 Å². The number of benzene rings is 3. The van der Waals surface area contributed by atoms with Crippen LogP contribution in [0, 0.1) is 23.3 Å². The van der Waals surface area contributed by atoms with Crippen LogP contribution in [0.2, 0.25) is 0 Å². The zero-order valence-corrected chi connectivity index (χ0v) is 24.9. The zero-order valence-electron chi connectivity index (χ0n) is 24.9. The minimum absolute atomic E-state index is 0.0878. The number of hydrogen-bond donors (Lipinski definition) is 2. The Bertz CT molecular complexity index is 1570. The van der Waals surface area contributed by atoms with Crippen LogP contribution in [-0.2, 0) is 9.53 Å². The predicted octanol–water partition coefficient (Wildman–Crippen LogP) is 6.78. The summed E-state index contributed by atoms with van der Waals surface area (Å²) in [6, 6.07) is 12.1. The van der Waals surface area contributed by atoms with Crippen molar-refractivity contribution in [3.05, 3.63) is 112 Å². The molecule has 45 heavy (non-hydrogen) atoms.